The summed E-state index contributed by atoms with van der Waals surface area (Å²) in [4.78, 5) is 13.0. The van der Waals surface area contributed by atoms with Crippen LogP contribution in [-0.4, -0.2) is 34.0 Å². The number of carbonyl (C=O) groups is 1. The molecule has 0 radical (unpaired) electrons. The maximum atomic E-state index is 13.0. The van der Waals surface area contributed by atoms with Crippen LogP contribution in [0.15, 0.2) is 41.9 Å². The van der Waals surface area contributed by atoms with Gasteiger partial charge in [0, 0.05) is 0 Å². The van der Waals surface area contributed by atoms with Crippen molar-refractivity contribution in [2.75, 3.05) is 13.2 Å². The van der Waals surface area contributed by atoms with Gasteiger partial charge in [-0.05, 0) is 0 Å². The monoisotopic (exact) mass is 406 g/mol. The minimum absolute atomic E-state index is 0.0664. The molecule has 0 unspecified atom stereocenters. The van der Waals surface area contributed by atoms with Gasteiger partial charge in [0.2, 0.25) is 0 Å². The van der Waals surface area contributed by atoms with Gasteiger partial charge in [-0.25, -0.2) is 0 Å². The third kappa shape index (κ3) is 3.27. The molecule has 3 nitrogen and oxygen atoms in total. The molecule has 3 aliphatic rings. The molecule has 0 bridgehead atoms. The van der Waals surface area contributed by atoms with Crippen molar-refractivity contribution in [2.24, 2.45) is 11.3 Å². The standard InChI is InChI=1S/C21H26O3Se/c1-20(2)13-23-19(24-14-20)15-11-16-7-6-10-18(22)21(16,12-15)25-17-8-4-3-5-9-17/h3-5,8-9,16H,6-7,10-14H2,1-2H3/t16-,21-/m0/s1. The molecule has 134 valence electrons. The van der Waals surface area contributed by atoms with Crippen LogP contribution in [0.25, 0.3) is 0 Å². The quantitative estimate of drug-likeness (QED) is 0.705. The second-order valence-corrected chi connectivity index (χ2v) is 11.3. The number of ketones is 1. The Kier molecular flexibility index (Phi) is 4.45. The first-order valence-corrected chi connectivity index (χ1v) is 10.9. The van der Waals surface area contributed by atoms with E-state index in [4.69, 9.17) is 9.47 Å². The number of fused-ring (bicyclic) bond motifs is 1. The summed E-state index contributed by atoms with van der Waals surface area (Å²) in [6.45, 7) is 5.71. The van der Waals surface area contributed by atoms with E-state index in [1.54, 1.807) is 0 Å². The molecule has 1 saturated heterocycles. The molecule has 3 fully saturated rings. The number of benzene rings is 1. The Morgan fingerprint density at radius 3 is 2.56 bits per heavy atom. The molecule has 4 rings (SSSR count). The number of rotatable bonds is 2. The summed E-state index contributed by atoms with van der Waals surface area (Å²) >= 11 is 0.159. The Morgan fingerprint density at radius 2 is 1.84 bits per heavy atom. The number of carbonyl (C=O) groups excluding carboxylic acids is 1. The zero-order valence-corrected chi connectivity index (χ0v) is 16.8. The molecule has 2 atom stereocenters. The second kappa shape index (κ2) is 6.48. The van der Waals surface area contributed by atoms with Gasteiger partial charge in [0.15, 0.2) is 0 Å². The van der Waals surface area contributed by atoms with Gasteiger partial charge in [0.25, 0.3) is 0 Å². The third-order valence-corrected chi connectivity index (χ3v) is 8.89. The number of allylic oxidation sites excluding steroid dienone is 1. The van der Waals surface area contributed by atoms with Gasteiger partial charge >= 0.3 is 156 Å². The molecule has 1 heterocycles. The molecule has 1 aromatic rings. The van der Waals surface area contributed by atoms with Crippen LogP contribution in [0.1, 0.15) is 46.0 Å². The van der Waals surface area contributed by atoms with E-state index in [-0.39, 0.29) is 24.7 Å². The fraction of sp³-hybridized carbons (Fsp3) is 0.571. The molecule has 1 aromatic carbocycles. The van der Waals surface area contributed by atoms with Crippen LogP contribution in [0.3, 0.4) is 0 Å². The van der Waals surface area contributed by atoms with E-state index in [1.807, 2.05) is 6.07 Å². The third-order valence-electron chi connectivity index (χ3n) is 5.58. The van der Waals surface area contributed by atoms with E-state index < -0.39 is 0 Å². The normalized spacial score (nSPS) is 31.3. The Hall–Kier alpha value is -1.25. The van der Waals surface area contributed by atoms with Crippen LogP contribution in [0.4, 0.5) is 0 Å². The molecule has 0 spiro atoms. The fourth-order valence-electron chi connectivity index (χ4n) is 4.22. The summed E-state index contributed by atoms with van der Waals surface area (Å²) in [6.07, 6.45) is 4.73. The van der Waals surface area contributed by atoms with Gasteiger partial charge in [-0.1, -0.05) is 0 Å². The van der Waals surface area contributed by atoms with Crippen molar-refractivity contribution in [3.05, 3.63) is 41.9 Å². The topological polar surface area (TPSA) is 35.5 Å². The molecule has 1 aliphatic heterocycles. The van der Waals surface area contributed by atoms with Crippen molar-refractivity contribution < 1.29 is 14.3 Å². The summed E-state index contributed by atoms with van der Waals surface area (Å²) < 4.78 is 13.1. The van der Waals surface area contributed by atoms with Crippen LogP contribution >= 0.6 is 0 Å². The minimum atomic E-state index is -0.186. The van der Waals surface area contributed by atoms with Crippen molar-refractivity contribution >= 4 is 25.2 Å². The van der Waals surface area contributed by atoms with E-state index in [2.05, 4.69) is 38.1 Å². The molecular weight excluding hydrogens is 379 g/mol. The predicted octanol–water partition coefficient (Wildman–Crippen LogP) is 3.62. The zero-order valence-electron chi connectivity index (χ0n) is 15.0. The first-order valence-electron chi connectivity index (χ1n) is 9.24. The molecule has 2 saturated carbocycles. The second-order valence-electron chi connectivity index (χ2n) is 8.33. The molecular formula is C21H26O3Se. The van der Waals surface area contributed by atoms with Crippen molar-refractivity contribution in [3.8, 4) is 0 Å². The summed E-state index contributed by atoms with van der Waals surface area (Å²) in [5.74, 6) is 1.66. The summed E-state index contributed by atoms with van der Waals surface area (Å²) in [7, 11) is 0. The van der Waals surface area contributed by atoms with Crippen molar-refractivity contribution in [2.45, 2.75) is 50.3 Å². The summed E-state index contributed by atoms with van der Waals surface area (Å²) in [6, 6.07) is 10.6. The van der Waals surface area contributed by atoms with E-state index in [1.165, 1.54) is 10.0 Å². The SMILES string of the molecule is CC1(C)COC(=C2C[C@@H]3CCCC(=O)[C@]3([Se]c3ccccc3)C2)OC1. The molecule has 25 heavy (non-hydrogen) atoms. The Bertz CT molecular complexity index is 682. The Morgan fingerprint density at radius 1 is 1.12 bits per heavy atom. The average Bonchev–Trinajstić information content (AvgIpc) is 2.96. The first-order chi connectivity index (χ1) is 12.0. The zero-order chi connectivity index (χ0) is 17.5. The van der Waals surface area contributed by atoms with Crippen LogP contribution in [0.2, 0.25) is 4.31 Å². The summed E-state index contributed by atoms with van der Waals surface area (Å²) in [5.41, 5.74) is 1.31. The average molecular weight is 405 g/mol. The number of hydrogen-bond donors (Lipinski definition) is 0. The van der Waals surface area contributed by atoms with Crippen molar-refractivity contribution in [1.29, 1.82) is 0 Å². The van der Waals surface area contributed by atoms with E-state index in [0.717, 1.165) is 38.0 Å². The molecule has 0 N–H and O–H groups in total. The molecule has 0 aromatic heterocycles. The fourth-order valence-corrected chi connectivity index (χ4v) is 7.46. The predicted molar refractivity (Wildman–Crippen MR) is 98.8 cm³/mol. The van der Waals surface area contributed by atoms with Crippen molar-refractivity contribution in [3.63, 3.8) is 0 Å². The van der Waals surface area contributed by atoms with E-state index in [0.29, 0.717) is 24.9 Å². The van der Waals surface area contributed by atoms with Crippen LogP contribution in [0, 0.1) is 11.3 Å². The van der Waals surface area contributed by atoms with Gasteiger partial charge < -0.3 is 0 Å². The summed E-state index contributed by atoms with van der Waals surface area (Å²) in [5, 5.41) is 0. The van der Waals surface area contributed by atoms with Gasteiger partial charge in [0.1, 0.15) is 0 Å². The van der Waals surface area contributed by atoms with Gasteiger partial charge in [-0.2, -0.15) is 0 Å². The molecule has 4 heteroatoms. The van der Waals surface area contributed by atoms with Gasteiger partial charge in [0.05, 0.1) is 0 Å². The molecule has 2 aliphatic carbocycles. The Balaban J connectivity index is 1.63. The van der Waals surface area contributed by atoms with Gasteiger partial charge in [-0.15, -0.1) is 0 Å². The van der Waals surface area contributed by atoms with Crippen LogP contribution in [0.5, 0.6) is 0 Å². The number of hydrogen-bond acceptors (Lipinski definition) is 3. The van der Waals surface area contributed by atoms with Crippen molar-refractivity contribution in [1.82, 2.24) is 0 Å². The van der Waals surface area contributed by atoms with E-state index in [9.17, 15) is 4.79 Å². The molecule has 0 amide bonds. The first kappa shape index (κ1) is 17.2. The van der Waals surface area contributed by atoms with Crippen LogP contribution < -0.4 is 4.46 Å². The Labute approximate surface area is 156 Å². The number of ether oxygens (including phenoxy) is 2. The maximum absolute atomic E-state index is 13.0. The van der Waals surface area contributed by atoms with Crippen LogP contribution in [-0.2, 0) is 14.3 Å². The van der Waals surface area contributed by atoms with E-state index >= 15 is 0 Å². The van der Waals surface area contributed by atoms with Gasteiger partial charge in [-0.3, -0.25) is 0 Å². The number of Topliss-reactive ketones (excluding diaryl/α,β-unsaturated/α-hetero) is 1.